The van der Waals surface area contributed by atoms with E-state index >= 15 is 0 Å². The predicted octanol–water partition coefficient (Wildman–Crippen LogP) is 2.56. The monoisotopic (exact) mass is 235 g/mol. The van der Waals surface area contributed by atoms with E-state index in [9.17, 15) is 0 Å². The summed E-state index contributed by atoms with van der Waals surface area (Å²) >= 11 is 0. The zero-order chi connectivity index (χ0) is 12.3. The van der Waals surface area contributed by atoms with Gasteiger partial charge < -0.3 is 14.8 Å². The number of piperidine rings is 1. The Balaban J connectivity index is 2.27. The van der Waals surface area contributed by atoms with Crippen LogP contribution in [0, 0.1) is 0 Å². The molecular formula is C14H21NO2. The fraction of sp³-hybridized carbons (Fsp3) is 0.571. The molecule has 1 aliphatic heterocycles. The highest BCUT2D eigenvalue weighted by Gasteiger charge is 2.23. The summed E-state index contributed by atoms with van der Waals surface area (Å²) in [4.78, 5) is 0. The van der Waals surface area contributed by atoms with Crippen LogP contribution in [0.2, 0.25) is 0 Å². The van der Waals surface area contributed by atoms with Gasteiger partial charge in [0, 0.05) is 11.6 Å². The first-order valence-electron chi connectivity index (χ1n) is 6.20. The summed E-state index contributed by atoms with van der Waals surface area (Å²) < 4.78 is 10.8. The molecule has 0 aromatic heterocycles. The van der Waals surface area contributed by atoms with E-state index in [0.717, 1.165) is 30.9 Å². The zero-order valence-corrected chi connectivity index (χ0v) is 10.8. The van der Waals surface area contributed by atoms with E-state index < -0.39 is 0 Å². The van der Waals surface area contributed by atoms with Gasteiger partial charge in [-0.05, 0) is 50.4 Å². The van der Waals surface area contributed by atoms with Crippen LogP contribution >= 0.6 is 0 Å². The summed E-state index contributed by atoms with van der Waals surface area (Å²) in [6, 6.07) is 6.64. The Morgan fingerprint density at radius 2 is 2.06 bits per heavy atom. The molecule has 2 rings (SSSR count). The summed E-state index contributed by atoms with van der Waals surface area (Å²) in [6.45, 7) is 3.31. The molecule has 0 bridgehead atoms. The number of hydrogen-bond donors (Lipinski definition) is 1. The van der Waals surface area contributed by atoms with Gasteiger partial charge in [0.15, 0.2) is 0 Å². The van der Waals surface area contributed by atoms with Crippen molar-refractivity contribution in [1.82, 2.24) is 5.32 Å². The third kappa shape index (κ3) is 2.72. The molecule has 0 aliphatic carbocycles. The van der Waals surface area contributed by atoms with Gasteiger partial charge in [0.25, 0.3) is 0 Å². The van der Waals surface area contributed by atoms with Crippen LogP contribution in [0.25, 0.3) is 0 Å². The molecule has 1 N–H and O–H groups in total. The fourth-order valence-electron chi connectivity index (χ4n) is 2.57. The molecular weight excluding hydrogens is 214 g/mol. The molecule has 3 nitrogen and oxygen atoms in total. The highest BCUT2D eigenvalue weighted by atomic mass is 16.5. The summed E-state index contributed by atoms with van der Waals surface area (Å²) in [5, 5.41) is 3.48. The molecule has 17 heavy (non-hydrogen) atoms. The molecule has 1 aromatic carbocycles. The topological polar surface area (TPSA) is 30.5 Å². The van der Waals surface area contributed by atoms with Crippen molar-refractivity contribution < 1.29 is 9.47 Å². The Morgan fingerprint density at radius 1 is 1.24 bits per heavy atom. The summed E-state index contributed by atoms with van der Waals surface area (Å²) in [7, 11) is 3.44. The van der Waals surface area contributed by atoms with Crippen LogP contribution in [0.3, 0.4) is 0 Å². The zero-order valence-electron chi connectivity index (χ0n) is 10.8. The standard InChI is InChI=1S/C14H21NO2/c1-10-8-11(6-7-15-10)13-9-12(16-2)4-5-14(13)17-3/h4-5,9-11,15H,6-8H2,1-3H3. The summed E-state index contributed by atoms with van der Waals surface area (Å²) in [5.74, 6) is 2.45. The fourth-order valence-corrected chi connectivity index (χ4v) is 2.57. The van der Waals surface area contributed by atoms with E-state index in [1.807, 2.05) is 12.1 Å². The lowest BCUT2D eigenvalue weighted by atomic mass is 9.86. The smallest absolute Gasteiger partial charge is 0.122 e. The van der Waals surface area contributed by atoms with Crippen LogP contribution in [-0.4, -0.2) is 26.8 Å². The number of methoxy groups -OCH3 is 2. The number of benzene rings is 1. The van der Waals surface area contributed by atoms with E-state index in [1.165, 1.54) is 5.56 Å². The van der Waals surface area contributed by atoms with Crippen LogP contribution in [0.15, 0.2) is 18.2 Å². The van der Waals surface area contributed by atoms with Crippen molar-refractivity contribution in [3.05, 3.63) is 23.8 Å². The van der Waals surface area contributed by atoms with Gasteiger partial charge >= 0.3 is 0 Å². The molecule has 94 valence electrons. The Morgan fingerprint density at radius 3 is 2.71 bits per heavy atom. The highest BCUT2D eigenvalue weighted by molar-refractivity contribution is 5.42. The van der Waals surface area contributed by atoms with Crippen molar-refractivity contribution in [2.45, 2.75) is 31.7 Å². The Bertz CT molecular complexity index is 378. The van der Waals surface area contributed by atoms with Crippen molar-refractivity contribution in [1.29, 1.82) is 0 Å². The molecule has 1 aliphatic rings. The molecule has 2 unspecified atom stereocenters. The van der Waals surface area contributed by atoms with Gasteiger partial charge in [-0.25, -0.2) is 0 Å². The first kappa shape index (κ1) is 12.2. The minimum atomic E-state index is 0.566. The average molecular weight is 235 g/mol. The maximum Gasteiger partial charge on any atom is 0.122 e. The van der Waals surface area contributed by atoms with Crippen LogP contribution in [0.4, 0.5) is 0 Å². The molecule has 0 spiro atoms. The maximum absolute atomic E-state index is 5.46. The van der Waals surface area contributed by atoms with Crippen molar-refractivity contribution >= 4 is 0 Å². The lowest BCUT2D eigenvalue weighted by molar-refractivity contribution is 0.357. The lowest BCUT2D eigenvalue weighted by Crippen LogP contribution is -2.34. The van der Waals surface area contributed by atoms with Crippen LogP contribution in [-0.2, 0) is 0 Å². The maximum atomic E-state index is 5.46. The second-order valence-corrected chi connectivity index (χ2v) is 4.68. The van der Waals surface area contributed by atoms with Gasteiger partial charge in [0.05, 0.1) is 14.2 Å². The Labute approximate surface area is 103 Å². The molecule has 1 aromatic rings. The lowest BCUT2D eigenvalue weighted by Gasteiger charge is -2.29. The first-order valence-corrected chi connectivity index (χ1v) is 6.20. The quantitative estimate of drug-likeness (QED) is 0.873. The molecule has 2 atom stereocenters. The normalized spacial score (nSPS) is 24.4. The van der Waals surface area contributed by atoms with Crippen molar-refractivity contribution in [3.8, 4) is 11.5 Å². The van der Waals surface area contributed by atoms with E-state index in [4.69, 9.17) is 9.47 Å². The SMILES string of the molecule is COc1ccc(OC)c(C2CCNC(C)C2)c1. The van der Waals surface area contributed by atoms with Crippen molar-refractivity contribution in [2.24, 2.45) is 0 Å². The van der Waals surface area contributed by atoms with Crippen LogP contribution in [0.5, 0.6) is 11.5 Å². The molecule has 1 saturated heterocycles. The largest absolute Gasteiger partial charge is 0.497 e. The van der Waals surface area contributed by atoms with Gasteiger partial charge in [0.1, 0.15) is 11.5 Å². The minimum Gasteiger partial charge on any atom is -0.497 e. The summed E-state index contributed by atoms with van der Waals surface area (Å²) in [6.07, 6.45) is 2.32. The third-order valence-electron chi connectivity index (χ3n) is 3.50. The Hall–Kier alpha value is -1.22. The third-order valence-corrected chi connectivity index (χ3v) is 3.50. The Kier molecular flexibility index (Phi) is 3.89. The molecule has 0 saturated carbocycles. The van der Waals surface area contributed by atoms with E-state index in [0.29, 0.717) is 12.0 Å². The molecule has 3 heteroatoms. The summed E-state index contributed by atoms with van der Waals surface area (Å²) in [5.41, 5.74) is 1.28. The van der Waals surface area contributed by atoms with E-state index in [1.54, 1.807) is 14.2 Å². The van der Waals surface area contributed by atoms with Gasteiger partial charge in [-0.2, -0.15) is 0 Å². The van der Waals surface area contributed by atoms with Gasteiger partial charge in [-0.1, -0.05) is 0 Å². The van der Waals surface area contributed by atoms with Crippen LogP contribution < -0.4 is 14.8 Å². The number of nitrogens with one attached hydrogen (secondary N) is 1. The molecule has 0 amide bonds. The van der Waals surface area contributed by atoms with Crippen molar-refractivity contribution in [3.63, 3.8) is 0 Å². The van der Waals surface area contributed by atoms with Crippen LogP contribution in [0.1, 0.15) is 31.2 Å². The number of ether oxygens (including phenoxy) is 2. The van der Waals surface area contributed by atoms with Gasteiger partial charge in [-0.15, -0.1) is 0 Å². The second-order valence-electron chi connectivity index (χ2n) is 4.68. The van der Waals surface area contributed by atoms with E-state index in [-0.39, 0.29) is 0 Å². The number of rotatable bonds is 3. The minimum absolute atomic E-state index is 0.566. The van der Waals surface area contributed by atoms with Gasteiger partial charge in [-0.3, -0.25) is 0 Å². The van der Waals surface area contributed by atoms with Crippen molar-refractivity contribution in [2.75, 3.05) is 20.8 Å². The average Bonchev–Trinajstić information content (AvgIpc) is 2.38. The van der Waals surface area contributed by atoms with E-state index in [2.05, 4.69) is 18.3 Å². The van der Waals surface area contributed by atoms with Gasteiger partial charge in [0.2, 0.25) is 0 Å². The first-order chi connectivity index (χ1) is 8.24. The predicted molar refractivity (Wildman–Crippen MR) is 69.0 cm³/mol. The molecule has 1 heterocycles. The molecule has 1 fully saturated rings. The molecule has 0 radical (unpaired) electrons. The second kappa shape index (κ2) is 5.41. The highest BCUT2D eigenvalue weighted by Crippen LogP contribution is 2.36. The number of hydrogen-bond acceptors (Lipinski definition) is 3.